The first-order chi connectivity index (χ1) is 29.8. The highest BCUT2D eigenvalue weighted by molar-refractivity contribution is 6.24. The lowest BCUT2D eigenvalue weighted by Crippen LogP contribution is -2.09. The van der Waals surface area contributed by atoms with Gasteiger partial charge in [-0.25, -0.2) is 9.97 Å². The smallest absolute Gasteiger partial charge is 0.0979 e. The monoisotopic (exact) mass is 766 g/mol. The van der Waals surface area contributed by atoms with Crippen molar-refractivity contribution < 1.29 is 0 Å². The van der Waals surface area contributed by atoms with Gasteiger partial charge in [-0.1, -0.05) is 158 Å². The second-order valence-electron chi connectivity index (χ2n) is 15.0. The Morgan fingerprint density at radius 2 is 0.483 bits per heavy atom. The van der Waals surface area contributed by atoms with Crippen molar-refractivity contribution in [1.29, 1.82) is 0 Å². The number of aromatic nitrogens is 2. The second kappa shape index (κ2) is 15.0. The molecule has 0 amide bonds. The van der Waals surface area contributed by atoms with Crippen LogP contribution in [0, 0.1) is 0 Å². The third kappa shape index (κ3) is 6.19. The fourth-order valence-electron chi connectivity index (χ4n) is 8.61. The molecule has 1 heterocycles. The van der Waals surface area contributed by atoms with Crippen molar-refractivity contribution in [3.8, 4) is 22.3 Å². The molecule has 0 saturated carbocycles. The van der Waals surface area contributed by atoms with Crippen LogP contribution in [-0.4, -0.2) is 9.97 Å². The van der Waals surface area contributed by atoms with Crippen molar-refractivity contribution >= 4 is 77.7 Å². The van der Waals surface area contributed by atoms with Gasteiger partial charge in [-0.2, -0.15) is 0 Å². The number of hydrogen-bond acceptors (Lipinski definition) is 4. The summed E-state index contributed by atoms with van der Waals surface area (Å²) >= 11 is 0. The Balaban J connectivity index is 1.10. The Bertz CT molecular complexity index is 2980. The summed E-state index contributed by atoms with van der Waals surface area (Å²) in [5.74, 6) is 0. The van der Waals surface area contributed by atoms with Crippen LogP contribution in [0.2, 0.25) is 0 Å². The van der Waals surface area contributed by atoms with Crippen LogP contribution in [0.15, 0.2) is 231 Å². The molecule has 0 bridgehead atoms. The van der Waals surface area contributed by atoms with Crippen molar-refractivity contribution in [3.63, 3.8) is 0 Å². The van der Waals surface area contributed by atoms with Crippen LogP contribution in [0.3, 0.4) is 0 Å². The molecular weight excluding hydrogens is 729 g/mol. The van der Waals surface area contributed by atoms with Gasteiger partial charge in [0.1, 0.15) is 0 Å². The molecule has 282 valence electrons. The molecule has 4 nitrogen and oxygen atoms in total. The lowest BCUT2D eigenvalue weighted by molar-refractivity contribution is 1.28. The van der Waals surface area contributed by atoms with E-state index in [1.54, 1.807) is 0 Å². The van der Waals surface area contributed by atoms with Crippen LogP contribution in [0.4, 0.5) is 34.1 Å². The molecule has 0 unspecified atom stereocenters. The number of para-hydroxylation sites is 4. The van der Waals surface area contributed by atoms with Gasteiger partial charge in [-0.15, -0.1) is 0 Å². The molecule has 0 spiro atoms. The van der Waals surface area contributed by atoms with Gasteiger partial charge in [0.05, 0.1) is 22.1 Å². The van der Waals surface area contributed by atoms with E-state index in [1.807, 2.05) is 0 Å². The molecule has 0 N–H and O–H groups in total. The number of anilines is 6. The molecule has 4 heteroatoms. The van der Waals surface area contributed by atoms with Crippen molar-refractivity contribution in [1.82, 2.24) is 9.97 Å². The van der Waals surface area contributed by atoms with Crippen molar-refractivity contribution in [2.75, 3.05) is 9.80 Å². The zero-order valence-corrected chi connectivity index (χ0v) is 32.7. The van der Waals surface area contributed by atoms with E-state index < -0.39 is 0 Å². The van der Waals surface area contributed by atoms with E-state index in [2.05, 4.69) is 240 Å². The van der Waals surface area contributed by atoms with Gasteiger partial charge in [0, 0.05) is 56.0 Å². The van der Waals surface area contributed by atoms with E-state index in [0.29, 0.717) is 0 Å². The Morgan fingerprint density at radius 3 is 0.800 bits per heavy atom. The van der Waals surface area contributed by atoms with Gasteiger partial charge in [-0.3, -0.25) is 0 Å². The number of fused-ring (bicyclic) bond motifs is 7. The van der Waals surface area contributed by atoms with Gasteiger partial charge in [0.25, 0.3) is 0 Å². The van der Waals surface area contributed by atoms with Gasteiger partial charge >= 0.3 is 0 Å². The predicted octanol–water partition coefficient (Wildman–Crippen LogP) is 15.4. The summed E-state index contributed by atoms with van der Waals surface area (Å²) in [4.78, 5) is 15.8. The fraction of sp³-hybridized carbons (Fsp3) is 0. The van der Waals surface area contributed by atoms with Gasteiger partial charge in [-0.05, 0) is 94.7 Å². The summed E-state index contributed by atoms with van der Waals surface area (Å²) in [5, 5.41) is 4.55. The Morgan fingerprint density at radius 1 is 0.217 bits per heavy atom. The number of benzene rings is 10. The molecule has 10 aromatic carbocycles. The molecule has 0 atom stereocenters. The van der Waals surface area contributed by atoms with Crippen molar-refractivity contribution in [2.24, 2.45) is 0 Å². The molecule has 11 rings (SSSR count). The maximum atomic E-state index is 5.62. The van der Waals surface area contributed by atoms with Gasteiger partial charge in [0.15, 0.2) is 0 Å². The van der Waals surface area contributed by atoms with Gasteiger partial charge < -0.3 is 9.80 Å². The Labute approximate surface area is 348 Å². The molecule has 0 aliphatic heterocycles. The minimum atomic E-state index is 0.871. The van der Waals surface area contributed by atoms with Crippen LogP contribution in [0.25, 0.3) is 65.9 Å². The summed E-state index contributed by atoms with van der Waals surface area (Å²) < 4.78 is 0. The zero-order valence-electron chi connectivity index (χ0n) is 32.7. The molecule has 11 aromatic rings. The summed E-state index contributed by atoms with van der Waals surface area (Å²) in [5.41, 5.74) is 14.3. The minimum absolute atomic E-state index is 0.871. The predicted molar refractivity (Wildman–Crippen MR) is 252 cm³/mol. The normalized spacial score (nSPS) is 11.3. The van der Waals surface area contributed by atoms with E-state index in [4.69, 9.17) is 9.97 Å². The summed E-state index contributed by atoms with van der Waals surface area (Å²) in [7, 11) is 0. The highest BCUT2D eigenvalue weighted by atomic mass is 15.1. The lowest BCUT2D eigenvalue weighted by atomic mass is 9.95. The molecule has 0 radical (unpaired) electrons. The van der Waals surface area contributed by atoms with Crippen LogP contribution in [0.5, 0.6) is 0 Å². The second-order valence-corrected chi connectivity index (χ2v) is 15.0. The average molecular weight is 767 g/mol. The van der Waals surface area contributed by atoms with Crippen molar-refractivity contribution in [3.05, 3.63) is 231 Å². The summed E-state index contributed by atoms with van der Waals surface area (Å²) in [6.07, 6.45) is 0. The highest BCUT2D eigenvalue weighted by Gasteiger charge is 2.19. The summed E-state index contributed by atoms with van der Waals surface area (Å²) in [6.45, 7) is 0. The molecule has 1 aromatic heterocycles. The first kappa shape index (κ1) is 35.1. The molecular formula is C56H38N4. The number of nitrogens with zero attached hydrogens (tertiary/aromatic N) is 4. The third-order valence-corrected chi connectivity index (χ3v) is 11.4. The maximum Gasteiger partial charge on any atom is 0.0979 e. The molecule has 60 heavy (non-hydrogen) atoms. The quantitative estimate of drug-likeness (QED) is 0.114. The average Bonchev–Trinajstić information content (AvgIpc) is 3.33. The molecule has 0 aliphatic carbocycles. The van der Waals surface area contributed by atoms with Crippen LogP contribution >= 0.6 is 0 Å². The largest absolute Gasteiger partial charge is 0.311 e. The first-order valence-corrected chi connectivity index (χ1v) is 20.3. The number of rotatable bonds is 8. The van der Waals surface area contributed by atoms with Crippen molar-refractivity contribution in [2.45, 2.75) is 0 Å². The maximum absolute atomic E-state index is 5.62. The van der Waals surface area contributed by atoms with E-state index in [-0.39, 0.29) is 0 Å². The Kier molecular flexibility index (Phi) is 8.79. The van der Waals surface area contributed by atoms with Gasteiger partial charge in [0.2, 0.25) is 0 Å². The van der Waals surface area contributed by atoms with E-state index in [0.717, 1.165) is 89.2 Å². The highest BCUT2D eigenvalue weighted by Crippen LogP contribution is 2.42. The fourth-order valence-corrected chi connectivity index (χ4v) is 8.61. The van der Waals surface area contributed by atoms with Crippen LogP contribution < -0.4 is 9.80 Å². The topological polar surface area (TPSA) is 32.3 Å². The van der Waals surface area contributed by atoms with E-state index in [1.165, 1.54) is 10.8 Å². The molecule has 0 fully saturated rings. The number of hydrogen-bond donors (Lipinski definition) is 0. The molecule has 0 aliphatic rings. The SMILES string of the molecule is c1ccc(N(c2ccccc2)c2ccc(-c3ccc(-c4ccc(N(c5ccccc5)c5ccccc5)cc4)c4nc5c6ccccc6c6ccccc6c5nc34)cc2)cc1. The summed E-state index contributed by atoms with van der Waals surface area (Å²) in [6, 6.07) is 81.3. The zero-order chi connectivity index (χ0) is 39.8. The lowest BCUT2D eigenvalue weighted by Gasteiger charge is -2.25. The Hall–Kier alpha value is -8.08. The molecule has 0 saturated heterocycles. The van der Waals surface area contributed by atoms with E-state index in [9.17, 15) is 0 Å². The van der Waals surface area contributed by atoms with Crippen LogP contribution in [-0.2, 0) is 0 Å². The first-order valence-electron chi connectivity index (χ1n) is 20.3. The standard InChI is InChI=1S/C56H38N4/c1-5-17-41(18-6-1)59(42-19-7-2-8-20-42)45-33-29-39(30-34-45)47-37-38-48(40-31-35-46(36-32-40)60(43-21-9-3-10-22-43)44-23-11-4-12-24-44)54-53(47)57-55-51-27-15-13-25-49(51)50-26-14-16-28-52(50)56(55)58-54/h1-38H. The minimum Gasteiger partial charge on any atom is -0.311 e. The van der Waals surface area contributed by atoms with E-state index >= 15 is 0 Å². The third-order valence-electron chi connectivity index (χ3n) is 11.4. The van der Waals surface area contributed by atoms with Crippen LogP contribution in [0.1, 0.15) is 0 Å².